The molecule has 0 unspecified atom stereocenters. The van der Waals surface area contributed by atoms with Gasteiger partial charge in [-0.05, 0) is 55.8 Å². The zero-order valence-electron chi connectivity index (χ0n) is 19.6. The number of aromatic nitrogens is 1. The zero-order valence-corrected chi connectivity index (χ0v) is 19.6. The second-order valence-corrected chi connectivity index (χ2v) is 7.94. The van der Waals surface area contributed by atoms with Gasteiger partial charge in [-0.25, -0.2) is 18.0 Å². The number of carbonyl (C=O) groups is 1. The van der Waals surface area contributed by atoms with Crippen LogP contribution < -0.4 is 9.47 Å². The van der Waals surface area contributed by atoms with Crippen LogP contribution >= 0.6 is 0 Å². The van der Waals surface area contributed by atoms with Crippen molar-refractivity contribution in [3.8, 4) is 22.6 Å². The molecular formula is C27H25F3N2O3. The van der Waals surface area contributed by atoms with Gasteiger partial charge in [-0.15, -0.1) is 0 Å². The second-order valence-electron chi connectivity index (χ2n) is 7.94. The zero-order chi connectivity index (χ0) is 25.1. The van der Waals surface area contributed by atoms with Crippen LogP contribution in [0.15, 0.2) is 60.8 Å². The molecule has 4 aromatic rings. The van der Waals surface area contributed by atoms with Crippen LogP contribution in [0.4, 0.5) is 18.0 Å². The number of ether oxygens (including phenoxy) is 2. The summed E-state index contributed by atoms with van der Waals surface area (Å²) in [6.07, 6.45) is 1.23. The largest absolute Gasteiger partial charge is 0.497 e. The molecule has 0 aliphatic rings. The molecule has 35 heavy (non-hydrogen) atoms. The van der Waals surface area contributed by atoms with Crippen molar-refractivity contribution < 1.29 is 27.4 Å². The number of amides is 1. The van der Waals surface area contributed by atoms with E-state index in [1.54, 1.807) is 53.1 Å². The first-order valence-electron chi connectivity index (χ1n) is 11.2. The smallest absolute Gasteiger partial charge is 0.415 e. The van der Waals surface area contributed by atoms with Crippen molar-refractivity contribution in [3.63, 3.8) is 0 Å². The molecule has 182 valence electrons. The van der Waals surface area contributed by atoms with E-state index in [1.807, 2.05) is 26.0 Å². The van der Waals surface area contributed by atoms with Crippen molar-refractivity contribution in [2.75, 3.05) is 20.2 Å². The molecule has 1 amide bonds. The Morgan fingerprint density at radius 3 is 2.34 bits per heavy atom. The molecular weight excluding hydrogens is 457 g/mol. The highest BCUT2D eigenvalue weighted by molar-refractivity contribution is 5.99. The van der Waals surface area contributed by atoms with Crippen molar-refractivity contribution in [2.45, 2.75) is 20.4 Å². The van der Waals surface area contributed by atoms with Crippen LogP contribution in [0.25, 0.3) is 22.0 Å². The first-order chi connectivity index (χ1) is 16.9. The van der Waals surface area contributed by atoms with Crippen molar-refractivity contribution in [3.05, 3.63) is 83.8 Å². The number of methoxy groups -OCH3 is 1. The first kappa shape index (κ1) is 24.2. The van der Waals surface area contributed by atoms with E-state index in [2.05, 4.69) is 0 Å². The average Bonchev–Trinajstić information content (AvgIpc) is 3.25. The minimum absolute atomic E-state index is 0.0787. The third-order valence-corrected chi connectivity index (χ3v) is 5.92. The summed E-state index contributed by atoms with van der Waals surface area (Å²) in [5.41, 5.74) is 2.01. The molecule has 0 aliphatic carbocycles. The highest BCUT2D eigenvalue weighted by Crippen LogP contribution is 2.39. The molecule has 1 aromatic heterocycles. The number of hydrogen-bond acceptors (Lipinski definition) is 3. The van der Waals surface area contributed by atoms with E-state index in [0.29, 0.717) is 41.7 Å². The molecule has 0 N–H and O–H groups in total. The van der Waals surface area contributed by atoms with E-state index in [4.69, 9.17) is 9.47 Å². The maximum Gasteiger partial charge on any atom is 0.415 e. The maximum atomic E-state index is 14.3. The Morgan fingerprint density at radius 2 is 1.69 bits per heavy atom. The summed E-state index contributed by atoms with van der Waals surface area (Å²) >= 11 is 0. The van der Waals surface area contributed by atoms with Crippen molar-refractivity contribution in [1.29, 1.82) is 0 Å². The van der Waals surface area contributed by atoms with E-state index in [-0.39, 0.29) is 12.1 Å². The van der Waals surface area contributed by atoms with Crippen molar-refractivity contribution in [2.24, 2.45) is 0 Å². The molecule has 5 nitrogen and oxygen atoms in total. The SMILES string of the molecule is CCN(CC)C(=O)Oc1ccc2c(ccn2Cc2cc(F)cc(F)c2F)c1-c1ccc(OC)cc1. The third kappa shape index (κ3) is 4.82. The Hall–Kier alpha value is -3.94. The van der Waals surface area contributed by atoms with Crippen molar-refractivity contribution >= 4 is 17.0 Å². The molecule has 0 radical (unpaired) electrons. The highest BCUT2D eigenvalue weighted by atomic mass is 19.2. The molecule has 0 bridgehead atoms. The van der Waals surface area contributed by atoms with Gasteiger partial charge in [0.25, 0.3) is 0 Å². The van der Waals surface area contributed by atoms with Gasteiger partial charge in [-0.3, -0.25) is 0 Å². The molecule has 3 aromatic carbocycles. The maximum absolute atomic E-state index is 14.3. The van der Waals surface area contributed by atoms with Gasteiger partial charge in [0.15, 0.2) is 11.6 Å². The van der Waals surface area contributed by atoms with Gasteiger partial charge in [0.2, 0.25) is 0 Å². The van der Waals surface area contributed by atoms with Gasteiger partial charge in [0, 0.05) is 47.4 Å². The Bertz CT molecular complexity index is 1360. The molecule has 0 spiro atoms. The minimum Gasteiger partial charge on any atom is -0.497 e. The predicted molar refractivity (Wildman–Crippen MR) is 128 cm³/mol. The number of benzene rings is 3. The molecule has 0 saturated carbocycles. The lowest BCUT2D eigenvalue weighted by molar-refractivity contribution is 0.157. The van der Waals surface area contributed by atoms with Gasteiger partial charge >= 0.3 is 6.09 Å². The molecule has 1 heterocycles. The van der Waals surface area contributed by atoms with Crippen LogP contribution in [0, 0.1) is 17.5 Å². The fourth-order valence-electron chi connectivity index (χ4n) is 4.08. The number of nitrogens with zero attached hydrogens (tertiary/aromatic N) is 2. The Morgan fingerprint density at radius 1 is 0.971 bits per heavy atom. The lowest BCUT2D eigenvalue weighted by Crippen LogP contribution is -2.33. The van der Waals surface area contributed by atoms with E-state index in [9.17, 15) is 18.0 Å². The quantitative estimate of drug-likeness (QED) is 0.278. The number of fused-ring (bicyclic) bond motifs is 1. The monoisotopic (exact) mass is 482 g/mol. The summed E-state index contributed by atoms with van der Waals surface area (Å²) in [7, 11) is 1.57. The van der Waals surface area contributed by atoms with Crippen molar-refractivity contribution in [1.82, 2.24) is 9.47 Å². The van der Waals surface area contributed by atoms with E-state index < -0.39 is 23.5 Å². The molecule has 8 heteroatoms. The summed E-state index contributed by atoms with van der Waals surface area (Å²) in [5.74, 6) is -2.14. The molecule has 0 aliphatic heterocycles. The molecule has 0 saturated heterocycles. The van der Waals surface area contributed by atoms with Crippen LogP contribution in [-0.4, -0.2) is 35.8 Å². The van der Waals surface area contributed by atoms with Gasteiger partial charge < -0.3 is 18.9 Å². The molecule has 0 fully saturated rings. The Kier molecular flexibility index (Phi) is 7.00. The lowest BCUT2D eigenvalue weighted by atomic mass is 10.0. The van der Waals surface area contributed by atoms with E-state index >= 15 is 0 Å². The number of hydrogen-bond donors (Lipinski definition) is 0. The fraction of sp³-hybridized carbons (Fsp3) is 0.222. The van der Waals surface area contributed by atoms with Gasteiger partial charge in [-0.2, -0.15) is 0 Å². The summed E-state index contributed by atoms with van der Waals surface area (Å²) in [6, 6.07) is 14.0. The Balaban J connectivity index is 1.83. The minimum atomic E-state index is -1.24. The number of halogens is 3. The third-order valence-electron chi connectivity index (χ3n) is 5.92. The van der Waals surface area contributed by atoms with Crippen LogP contribution in [-0.2, 0) is 6.54 Å². The number of rotatable bonds is 7. The fourth-order valence-corrected chi connectivity index (χ4v) is 4.08. The lowest BCUT2D eigenvalue weighted by Gasteiger charge is -2.20. The standard InChI is InChI=1S/C27H25F3N2O3/c1-4-31(5-2)27(33)35-24-11-10-23-21(25(24)17-6-8-20(34-3)9-7-17)12-13-32(23)16-18-14-19(28)15-22(29)26(18)30/h6-15H,4-5,16H2,1-3H3. The second kappa shape index (κ2) is 10.1. The predicted octanol–water partition coefficient (Wildman–Crippen LogP) is 6.62. The summed E-state index contributed by atoms with van der Waals surface area (Å²) in [4.78, 5) is 14.3. The van der Waals surface area contributed by atoms with Gasteiger partial charge in [0.05, 0.1) is 13.7 Å². The summed E-state index contributed by atoms with van der Waals surface area (Å²) < 4.78 is 54.5. The Labute approximate surface area is 201 Å². The normalized spacial score (nSPS) is 11.0. The average molecular weight is 483 g/mol. The van der Waals surface area contributed by atoms with Gasteiger partial charge in [-0.1, -0.05) is 12.1 Å². The van der Waals surface area contributed by atoms with Gasteiger partial charge in [0.1, 0.15) is 17.3 Å². The molecule has 4 rings (SSSR count). The van der Waals surface area contributed by atoms with E-state index in [0.717, 1.165) is 17.0 Å². The van der Waals surface area contributed by atoms with Crippen LogP contribution in [0.3, 0.4) is 0 Å². The summed E-state index contributed by atoms with van der Waals surface area (Å²) in [5, 5.41) is 0.734. The van der Waals surface area contributed by atoms with Crippen LogP contribution in [0.5, 0.6) is 11.5 Å². The number of carbonyl (C=O) groups excluding carboxylic acids is 1. The topological polar surface area (TPSA) is 43.7 Å². The van der Waals surface area contributed by atoms with Crippen LogP contribution in [0.1, 0.15) is 19.4 Å². The van der Waals surface area contributed by atoms with E-state index in [1.165, 1.54) is 0 Å². The summed E-state index contributed by atoms with van der Waals surface area (Å²) in [6.45, 7) is 4.66. The highest BCUT2D eigenvalue weighted by Gasteiger charge is 2.20. The van der Waals surface area contributed by atoms with Crippen LogP contribution in [0.2, 0.25) is 0 Å². The first-order valence-corrected chi connectivity index (χ1v) is 11.2. The molecule has 0 atom stereocenters.